The van der Waals surface area contributed by atoms with E-state index < -0.39 is 5.60 Å². The summed E-state index contributed by atoms with van der Waals surface area (Å²) >= 11 is 0. The zero-order valence-electron chi connectivity index (χ0n) is 20.1. The van der Waals surface area contributed by atoms with Crippen LogP contribution < -0.4 is 0 Å². The molecule has 1 aromatic carbocycles. The highest BCUT2D eigenvalue weighted by Crippen LogP contribution is 2.37. The highest BCUT2D eigenvalue weighted by Gasteiger charge is 2.36. The Balaban J connectivity index is 1.33. The van der Waals surface area contributed by atoms with Gasteiger partial charge in [0.15, 0.2) is 0 Å². The van der Waals surface area contributed by atoms with Crippen LogP contribution in [0.25, 0.3) is 10.9 Å². The maximum Gasteiger partial charge on any atom is 0.410 e. The number of aromatic nitrogens is 1. The number of ether oxygens (including phenoxy) is 1. The number of aromatic amines is 1. The summed E-state index contributed by atoms with van der Waals surface area (Å²) in [7, 11) is 1.80. The van der Waals surface area contributed by atoms with E-state index >= 15 is 0 Å². The number of carbonyl (C=O) groups is 2. The van der Waals surface area contributed by atoms with Crippen LogP contribution in [-0.2, 0) is 16.0 Å². The minimum atomic E-state index is -0.481. The Kier molecular flexibility index (Phi) is 6.24. The third-order valence-electron chi connectivity index (χ3n) is 7.05. The van der Waals surface area contributed by atoms with Gasteiger partial charge in [0, 0.05) is 42.7 Å². The molecule has 6 nitrogen and oxygen atoms in total. The lowest BCUT2D eigenvalue weighted by Crippen LogP contribution is -2.43. The van der Waals surface area contributed by atoms with Crippen LogP contribution in [0.1, 0.15) is 70.7 Å². The van der Waals surface area contributed by atoms with Crippen molar-refractivity contribution < 1.29 is 14.3 Å². The molecule has 0 bridgehead atoms. The number of nitrogens with zero attached hydrogens (tertiary/aromatic N) is 2. The standard InChI is InChI=1S/C26H37N3O3/c1-17-23-21(20-8-6-7-9-22(20)27-23)14-15-29(17)24(30)19-12-10-18(11-13-19)16-28(5)25(31)32-26(2,3)4/h6-9,17-19,27H,10-16H2,1-5H3. The fourth-order valence-corrected chi connectivity index (χ4v) is 5.36. The van der Waals surface area contributed by atoms with Crippen LogP contribution in [0, 0.1) is 11.8 Å². The molecule has 1 N–H and O–H groups in total. The quantitative estimate of drug-likeness (QED) is 0.707. The molecule has 2 heterocycles. The summed E-state index contributed by atoms with van der Waals surface area (Å²) in [5, 5.41) is 1.29. The monoisotopic (exact) mass is 439 g/mol. The first-order chi connectivity index (χ1) is 15.1. The van der Waals surface area contributed by atoms with Crippen LogP contribution in [-0.4, -0.2) is 52.5 Å². The summed E-state index contributed by atoms with van der Waals surface area (Å²) in [5.41, 5.74) is 3.24. The molecule has 2 amide bonds. The van der Waals surface area contributed by atoms with Crippen molar-refractivity contribution in [2.45, 2.75) is 71.4 Å². The fraction of sp³-hybridized carbons (Fsp3) is 0.615. The number of para-hydroxylation sites is 1. The molecule has 1 aliphatic heterocycles. The predicted molar refractivity (Wildman–Crippen MR) is 126 cm³/mol. The number of hydrogen-bond acceptors (Lipinski definition) is 3. The van der Waals surface area contributed by atoms with E-state index in [4.69, 9.17) is 4.74 Å². The Morgan fingerprint density at radius 1 is 1.16 bits per heavy atom. The molecule has 0 spiro atoms. The van der Waals surface area contributed by atoms with Gasteiger partial charge in [-0.3, -0.25) is 4.79 Å². The molecule has 1 aliphatic carbocycles. The van der Waals surface area contributed by atoms with E-state index in [0.717, 1.165) is 44.2 Å². The van der Waals surface area contributed by atoms with Gasteiger partial charge in [0.25, 0.3) is 0 Å². The van der Waals surface area contributed by atoms with Crippen LogP contribution in [0.15, 0.2) is 24.3 Å². The van der Waals surface area contributed by atoms with Gasteiger partial charge in [0.2, 0.25) is 5.91 Å². The Labute approximate surface area is 191 Å². The van der Waals surface area contributed by atoms with E-state index in [1.54, 1.807) is 11.9 Å². The molecule has 0 saturated heterocycles. The molecule has 1 atom stereocenters. The molecule has 1 unspecified atom stereocenters. The molecule has 1 aromatic heterocycles. The first-order valence-corrected chi connectivity index (χ1v) is 12.0. The van der Waals surface area contributed by atoms with Gasteiger partial charge >= 0.3 is 6.09 Å². The number of nitrogens with one attached hydrogen (secondary N) is 1. The Hall–Kier alpha value is -2.50. The molecular formula is C26H37N3O3. The second-order valence-electron chi connectivity index (χ2n) is 10.6. The van der Waals surface area contributed by atoms with Crippen molar-refractivity contribution in [3.63, 3.8) is 0 Å². The van der Waals surface area contributed by atoms with Crippen LogP contribution in [0.2, 0.25) is 0 Å². The minimum Gasteiger partial charge on any atom is -0.444 e. The van der Waals surface area contributed by atoms with Gasteiger partial charge in [-0.2, -0.15) is 0 Å². The Morgan fingerprint density at radius 2 is 1.84 bits per heavy atom. The molecular weight excluding hydrogens is 402 g/mol. The highest BCUT2D eigenvalue weighted by atomic mass is 16.6. The van der Waals surface area contributed by atoms with Crippen LogP contribution in [0.3, 0.4) is 0 Å². The van der Waals surface area contributed by atoms with Crippen molar-refractivity contribution >= 4 is 22.9 Å². The molecule has 1 saturated carbocycles. The van der Waals surface area contributed by atoms with Crippen LogP contribution >= 0.6 is 0 Å². The molecule has 2 aromatic rings. The third kappa shape index (κ3) is 4.64. The lowest BCUT2D eigenvalue weighted by atomic mass is 9.80. The van der Waals surface area contributed by atoms with E-state index in [0.29, 0.717) is 18.4 Å². The molecule has 2 aliphatic rings. The third-order valence-corrected chi connectivity index (χ3v) is 7.05. The fourth-order valence-electron chi connectivity index (χ4n) is 5.36. The molecule has 1 fully saturated rings. The number of hydrogen-bond donors (Lipinski definition) is 1. The largest absolute Gasteiger partial charge is 0.444 e. The maximum absolute atomic E-state index is 13.4. The van der Waals surface area contributed by atoms with Crippen molar-refractivity contribution in [1.29, 1.82) is 0 Å². The maximum atomic E-state index is 13.4. The van der Waals surface area contributed by atoms with Crippen LogP contribution in [0.4, 0.5) is 4.79 Å². The first-order valence-electron chi connectivity index (χ1n) is 12.0. The number of H-pyrrole nitrogens is 1. The van der Waals surface area contributed by atoms with E-state index in [1.807, 2.05) is 20.8 Å². The summed E-state index contributed by atoms with van der Waals surface area (Å²) in [4.78, 5) is 33.0. The number of amides is 2. The van der Waals surface area contributed by atoms with E-state index in [1.165, 1.54) is 16.6 Å². The van der Waals surface area contributed by atoms with Gasteiger partial charge in [-0.25, -0.2) is 4.79 Å². The summed E-state index contributed by atoms with van der Waals surface area (Å²) < 4.78 is 5.47. The molecule has 4 rings (SSSR count). The summed E-state index contributed by atoms with van der Waals surface area (Å²) in [5.74, 6) is 0.808. The zero-order chi connectivity index (χ0) is 23.0. The summed E-state index contributed by atoms with van der Waals surface area (Å²) in [6.07, 6.45) is 4.38. The average molecular weight is 440 g/mol. The normalized spacial score (nSPS) is 23.7. The van der Waals surface area contributed by atoms with Gasteiger partial charge in [-0.05, 0) is 77.3 Å². The second kappa shape index (κ2) is 8.80. The zero-order valence-corrected chi connectivity index (χ0v) is 20.1. The molecule has 32 heavy (non-hydrogen) atoms. The number of carbonyl (C=O) groups excluding carboxylic acids is 2. The summed E-state index contributed by atoms with van der Waals surface area (Å²) in [6, 6.07) is 8.50. The Morgan fingerprint density at radius 3 is 2.53 bits per heavy atom. The average Bonchev–Trinajstić information content (AvgIpc) is 3.13. The number of benzene rings is 1. The number of fused-ring (bicyclic) bond motifs is 3. The Bertz CT molecular complexity index is 982. The second-order valence-corrected chi connectivity index (χ2v) is 10.6. The van der Waals surface area contributed by atoms with Crippen molar-refractivity contribution in [3.05, 3.63) is 35.5 Å². The van der Waals surface area contributed by atoms with Crippen LogP contribution in [0.5, 0.6) is 0 Å². The van der Waals surface area contributed by atoms with Gasteiger partial charge in [-0.1, -0.05) is 18.2 Å². The smallest absolute Gasteiger partial charge is 0.410 e. The van der Waals surface area contributed by atoms with Gasteiger partial charge in [-0.15, -0.1) is 0 Å². The van der Waals surface area contributed by atoms with E-state index in [2.05, 4.69) is 41.1 Å². The van der Waals surface area contributed by atoms with Gasteiger partial charge < -0.3 is 19.5 Å². The highest BCUT2D eigenvalue weighted by molar-refractivity contribution is 5.86. The molecule has 6 heteroatoms. The van der Waals surface area contributed by atoms with Gasteiger partial charge in [0.05, 0.1) is 6.04 Å². The molecule has 0 radical (unpaired) electrons. The van der Waals surface area contributed by atoms with Crippen molar-refractivity contribution in [2.24, 2.45) is 11.8 Å². The van der Waals surface area contributed by atoms with Crippen molar-refractivity contribution in [2.75, 3.05) is 20.1 Å². The van der Waals surface area contributed by atoms with Gasteiger partial charge in [0.1, 0.15) is 5.60 Å². The van der Waals surface area contributed by atoms with Crippen molar-refractivity contribution in [3.8, 4) is 0 Å². The van der Waals surface area contributed by atoms with E-state index in [-0.39, 0.29) is 18.1 Å². The minimum absolute atomic E-state index is 0.0784. The lowest BCUT2D eigenvalue weighted by molar-refractivity contribution is -0.139. The number of rotatable bonds is 3. The SMILES string of the molecule is CC1c2[nH]c3ccccc3c2CCN1C(=O)C1CCC(CN(C)C(=O)OC(C)(C)C)CC1. The first kappa shape index (κ1) is 22.7. The predicted octanol–water partition coefficient (Wildman–Crippen LogP) is 5.29. The topological polar surface area (TPSA) is 65.6 Å². The summed E-state index contributed by atoms with van der Waals surface area (Å²) in [6.45, 7) is 9.28. The lowest BCUT2D eigenvalue weighted by Gasteiger charge is -2.38. The van der Waals surface area contributed by atoms with Crippen molar-refractivity contribution in [1.82, 2.24) is 14.8 Å². The van der Waals surface area contributed by atoms with E-state index in [9.17, 15) is 9.59 Å². The molecule has 174 valence electrons.